The zero-order chi connectivity index (χ0) is 8.36. The van der Waals surface area contributed by atoms with Gasteiger partial charge in [-0.3, -0.25) is 0 Å². The van der Waals surface area contributed by atoms with Crippen molar-refractivity contribution < 1.29 is 13.4 Å². The molecule has 0 radical (unpaired) electrons. The molecule has 0 rings (SSSR count). The van der Waals surface area contributed by atoms with Crippen molar-refractivity contribution in [3.05, 3.63) is 0 Å². The van der Waals surface area contributed by atoms with Crippen LogP contribution in [0.4, 0.5) is 13.4 Å². The molecule has 0 aromatic carbocycles. The molecule has 1 unspecified atom stereocenters. The van der Waals surface area contributed by atoms with Gasteiger partial charge in [-0.15, -0.1) is 0 Å². The molecule has 0 amide bonds. The standard InChI is InChI=1S/C4H6ClF3N2/c1-3(9-6)4(2,5)10(7)8/h1-2H3. The molecule has 0 saturated heterocycles. The third kappa shape index (κ3) is 1.85. The van der Waals surface area contributed by atoms with Gasteiger partial charge in [-0.2, -0.15) is 0 Å². The average molecular weight is 175 g/mol. The molecule has 0 aliphatic rings. The molecule has 0 fully saturated rings. The van der Waals surface area contributed by atoms with E-state index < -0.39 is 16.1 Å². The van der Waals surface area contributed by atoms with Gasteiger partial charge in [0.25, 0.3) is 0 Å². The fourth-order valence-corrected chi connectivity index (χ4v) is 0.231. The molecule has 0 heterocycles. The number of halogens is 4. The van der Waals surface area contributed by atoms with E-state index in [1.165, 1.54) is 0 Å². The largest absolute Gasteiger partial charge is 0.194 e. The Balaban J connectivity index is 4.40. The first-order chi connectivity index (χ1) is 4.42. The summed E-state index contributed by atoms with van der Waals surface area (Å²) in [6, 6.07) is 0. The van der Waals surface area contributed by atoms with E-state index in [0.717, 1.165) is 13.8 Å². The van der Waals surface area contributed by atoms with Crippen LogP contribution >= 0.6 is 11.6 Å². The number of nitrogens with zero attached hydrogens (tertiary/aromatic N) is 2. The third-order valence-electron chi connectivity index (χ3n) is 1.10. The number of hydrogen-bond acceptors (Lipinski definition) is 2. The van der Waals surface area contributed by atoms with Gasteiger partial charge in [0.15, 0.2) is 5.00 Å². The Morgan fingerprint density at radius 1 is 1.60 bits per heavy atom. The van der Waals surface area contributed by atoms with Crippen LogP contribution in [-0.2, 0) is 0 Å². The van der Waals surface area contributed by atoms with Crippen LogP contribution in [0.1, 0.15) is 13.8 Å². The predicted molar refractivity (Wildman–Crippen MR) is 32.5 cm³/mol. The summed E-state index contributed by atoms with van der Waals surface area (Å²) in [4.78, 5) is -2.14. The Kier molecular flexibility index (Phi) is 3.11. The Morgan fingerprint density at radius 3 is 2.10 bits per heavy atom. The summed E-state index contributed by atoms with van der Waals surface area (Å²) in [7, 11) is 0. The quantitative estimate of drug-likeness (QED) is 0.272. The normalized spacial score (nSPS) is 19.3. The lowest BCUT2D eigenvalue weighted by Gasteiger charge is -2.19. The van der Waals surface area contributed by atoms with Crippen molar-refractivity contribution in [2.75, 3.05) is 0 Å². The second-order valence-electron chi connectivity index (χ2n) is 1.86. The van der Waals surface area contributed by atoms with Crippen LogP contribution in [0.25, 0.3) is 0 Å². The highest BCUT2D eigenvalue weighted by atomic mass is 35.5. The van der Waals surface area contributed by atoms with E-state index in [2.05, 4.69) is 0 Å². The number of alkyl halides is 1. The van der Waals surface area contributed by atoms with Gasteiger partial charge >= 0.3 is 0 Å². The zero-order valence-corrected chi connectivity index (χ0v) is 6.16. The highest BCUT2D eigenvalue weighted by Crippen LogP contribution is 2.23. The molecule has 10 heavy (non-hydrogen) atoms. The van der Waals surface area contributed by atoms with E-state index >= 15 is 0 Å². The highest BCUT2D eigenvalue weighted by molar-refractivity contribution is 6.34. The minimum Gasteiger partial charge on any atom is -0.0992 e. The number of hydrogen-bond donors (Lipinski definition) is 0. The van der Waals surface area contributed by atoms with E-state index in [1.54, 1.807) is 0 Å². The topological polar surface area (TPSA) is 15.6 Å². The zero-order valence-electron chi connectivity index (χ0n) is 5.41. The van der Waals surface area contributed by atoms with Gasteiger partial charge in [-0.1, -0.05) is 30.3 Å². The lowest BCUT2D eigenvalue weighted by Crippen LogP contribution is -2.37. The van der Waals surface area contributed by atoms with Crippen LogP contribution < -0.4 is 0 Å². The van der Waals surface area contributed by atoms with E-state index in [1.807, 2.05) is 5.21 Å². The van der Waals surface area contributed by atoms with E-state index in [0.29, 0.717) is 0 Å². The van der Waals surface area contributed by atoms with E-state index in [9.17, 15) is 13.4 Å². The molecule has 0 bridgehead atoms. The molecule has 0 aromatic heterocycles. The van der Waals surface area contributed by atoms with Crippen molar-refractivity contribution in [3.8, 4) is 0 Å². The molecule has 1 atom stereocenters. The van der Waals surface area contributed by atoms with Crippen molar-refractivity contribution in [2.24, 2.45) is 5.21 Å². The SMILES string of the molecule is CC(=NF)C(C)(Cl)N(F)F. The van der Waals surface area contributed by atoms with E-state index in [4.69, 9.17) is 11.6 Å². The molecular formula is C4H6ClF3N2. The van der Waals surface area contributed by atoms with Crippen molar-refractivity contribution in [1.82, 2.24) is 5.34 Å². The molecule has 0 N–H and O–H groups in total. The predicted octanol–water partition coefficient (Wildman–Crippen LogP) is 2.36. The van der Waals surface area contributed by atoms with Gasteiger partial charge in [-0.05, 0) is 13.8 Å². The number of rotatable bonds is 2. The van der Waals surface area contributed by atoms with Crippen LogP contribution in [0.3, 0.4) is 0 Å². The fraction of sp³-hybridized carbons (Fsp3) is 0.750. The minimum absolute atomic E-state index is 0.487. The second kappa shape index (κ2) is 3.21. The molecule has 0 spiro atoms. The third-order valence-corrected chi connectivity index (χ3v) is 1.51. The first-order valence-electron chi connectivity index (χ1n) is 2.39. The maximum absolute atomic E-state index is 11.7. The minimum atomic E-state index is -2.14. The molecule has 0 aliphatic heterocycles. The maximum Gasteiger partial charge on any atom is 0.194 e. The molecule has 0 aromatic rings. The fourth-order valence-electron chi connectivity index (χ4n) is 0.199. The van der Waals surface area contributed by atoms with Crippen molar-refractivity contribution in [2.45, 2.75) is 18.8 Å². The smallest absolute Gasteiger partial charge is 0.0992 e. The van der Waals surface area contributed by atoms with Crippen LogP contribution in [0.15, 0.2) is 5.21 Å². The lowest BCUT2D eigenvalue weighted by atomic mass is 10.2. The Hall–Kier alpha value is -0.290. The summed E-state index contributed by atoms with van der Waals surface area (Å²) >= 11 is 5.13. The summed E-state index contributed by atoms with van der Waals surface area (Å²) < 4.78 is 34.8. The van der Waals surface area contributed by atoms with Gasteiger partial charge in [0.2, 0.25) is 0 Å². The summed E-state index contributed by atoms with van der Waals surface area (Å²) in [5, 5.41) is 0.732. The van der Waals surface area contributed by atoms with Crippen LogP contribution in [-0.4, -0.2) is 16.1 Å². The average Bonchev–Trinajstić information content (AvgIpc) is 1.86. The Labute approximate surface area is 61.1 Å². The van der Waals surface area contributed by atoms with Crippen LogP contribution in [0.2, 0.25) is 0 Å². The summed E-state index contributed by atoms with van der Waals surface area (Å²) in [5.74, 6) is 0. The highest BCUT2D eigenvalue weighted by Gasteiger charge is 2.34. The molecule has 60 valence electrons. The van der Waals surface area contributed by atoms with Gasteiger partial charge in [0.05, 0.1) is 5.71 Å². The van der Waals surface area contributed by atoms with Gasteiger partial charge < -0.3 is 0 Å². The van der Waals surface area contributed by atoms with Gasteiger partial charge in [-0.25, -0.2) is 0 Å². The molecule has 0 saturated carbocycles. The first-order valence-corrected chi connectivity index (χ1v) is 2.77. The lowest BCUT2D eigenvalue weighted by molar-refractivity contribution is -0.178. The van der Waals surface area contributed by atoms with Gasteiger partial charge in [0.1, 0.15) is 0 Å². The van der Waals surface area contributed by atoms with Crippen molar-refractivity contribution >= 4 is 17.3 Å². The van der Waals surface area contributed by atoms with Crippen molar-refractivity contribution in [3.63, 3.8) is 0 Å². The molecule has 0 aliphatic carbocycles. The van der Waals surface area contributed by atoms with Crippen LogP contribution in [0, 0.1) is 0 Å². The molecule has 2 nitrogen and oxygen atoms in total. The maximum atomic E-state index is 11.7. The summed E-state index contributed by atoms with van der Waals surface area (Å²) in [5.41, 5.74) is -0.487. The Bertz CT molecular complexity index is 145. The molecular weight excluding hydrogens is 169 g/mol. The monoisotopic (exact) mass is 174 g/mol. The van der Waals surface area contributed by atoms with Crippen LogP contribution in [0.5, 0.6) is 0 Å². The van der Waals surface area contributed by atoms with Gasteiger partial charge in [0, 0.05) is 5.34 Å². The molecule has 6 heteroatoms. The second-order valence-corrected chi connectivity index (χ2v) is 2.59. The van der Waals surface area contributed by atoms with E-state index in [-0.39, 0.29) is 0 Å². The Morgan fingerprint density at radius 2 is 2.00 bits per heavy atom. The summed E-state index contributed by atoms with van der Waals surface area (Å²) in [6.07, 6.45) is 0. The summed E-state index contributed by atoms with van der Waals surface area (Å²) in [6.45, 7) is 2.01. The first kappa shape index (κ1) is 9.71. The van der Waals surface area contributed by atoms with Crippen molar-refractivity contribution in [1.29, 1.82) is 0 Å².